The molecule has 7 nitrogen and oxygen atoms in total. The first-order valence-electron chi connectivity index (χ1n) is 7.38. The van der Waals surface area contributed by atoms with Crippen LogP contribution in [0.5, 0.6) is 0 Å². The van der Waals surface area contributed by atoms with Crippen LogP contribution >= 0.6 is 0 Å². The molecule has 1 aromatic heterocycles. The van der Waals surface area contributed by atoms with Crippen LogP contribution in [0, 0.1) is 0 Å². The Labute approximate surface area is 144 Å². The molecule has 1 heterocycles. The highest BCUT2D eigenvalue weighted by Crippen LogP contribution is 2.17. The largest absolute Gasteiger partial charge is 0.360 e. The normalized spacial score (nSPS) is 11.4. The van der Waals surface area contributed by atoms with Crippen molar-refractivity contribution in [2.45, 2.75) is 11.8 Å². The molecule has 0 aliphatic heterocycles. The van der Waals surface area contributed by atoms with Crippen LogP contribution < -0.4 is 10.3 Å². The number of hydrazine groups is 1. The van der Waals surface area contributed by atoms with Crippen molar-refractivity contribution in [3.05, 3.63) is 65.9 Å². The number of Topliss-reactive ketones (excluding diaryl/α,β-unsaturated/α-hetero) is 1. The van der Waals surface area contributed by atoms with Crippen molar-refractivity contribution in [3.63, 3.8) is 0 Å². The number of ketones is 1. The Kier molecular flexibility index (Phi) is 4.39. The van der Waals surface area contributed by atoms with Gasteiger partial charge in [-0.3, -0.25) is 15.0 Å². The summed E-state index contributed by atoms with van der Waals surface area (Å²) >= 11 is 0. The molecule has 0 spiro atoms. The van der Waals surface area contributed by atoms with E-state index in [2.05, 4.69) is 10.4 Å². The minimum Gasteiger partial charge on any atom is -0.360 e. The first kappa shape index (κ1) is 16.9. The van der Waals surface area contributed by atoms with Crippen LogP contribution in [0.3, 0.4) is 0 Å². The summed E-state index contributed by atoms with van der Waals surface area (Å²) in [6, 6.07) is 12.7. The lowest BCUT2D eigenvalue weighted by molar-refractivity contribution is 0.0945. The number of benzene rings is 2. The maximum atomic E-state index is 12.3. The molecule has 2 aromatic carbocycles. The zero-order valence-corrected chi connectivity index (χ0v) is 14.1. The number of rotatable bonds is 5. The number of H-pyrrole nitrogens is 1. The van der Waals surface area contributed by atoms with E-state index in [9.17, 15) is 18.0 Å². The first-order chi connectivity index (χ1) is 11.9. The van der Waals surface area contributed by atoms with Crippen molar-refractivity contribution in [1.29, 1.82) is 0 Å². The number of carbonyl (C=O) groups is 2. The van der Waals surface area contributed by atoms with Crippen molar-refractivity contribution in [3.8, 4) is 0 Å². The van der Waals surface area contributed by atoms with Gasteiger partial charge in [0.15, 0.2) is 5.78 Å². The second-order valence-corrected chi connectivity index (χ2v) is 7.07. The van der Waals surface area contributed by atoms with Gasteiger partial charge in [0.05, 0.1) is 10.5 Å². The number of para-hydroxylation sites is 1. The van der Waals surface area contributed by atoms with E-state index in [1.165, 1.54) is 37.4 Å². The van der Waals surface area contributed by atoms with Crippen LogP contribution in [0.2, 0.25) is 0 Å². The van der Waals surface area contributed by atoms with Crippen LogP contribution in [-0.2, 0) is 10.0 Å². The van der Waals surface area contributed by atoms with Crippen LogP contribution in [0.4, 0.5) is 0 Å². The van der Waals surface area contributed by atoms with Crippen LogP contribution in [0.15, 0.2) is 59.6 Å². The predicted molar refractivity (Wildman–Crippen MR) is 92.5 cm³/mol. The number of aromatic nitrogens is 1. The van der Waals surface area contributed by atoms with Gasteiger partial charge in [0.25, 0.3) is 15.9 Å². The molecule has 0 aliphatic rings. The Morgan fingerprint density at radius 3 is 2.56 bits per heavy atom. The van der Waals surface area contributed by atoms with Crippen molar-refractivity contribution in [1.82, 2.24) is 15.2 Å². The number of fused-ring (bicyclic) bond motifs is 1. The first-order valence-corrected chi connectivity index (χ1v) is 8.86. The second kappa shape index (κ2) is 6.50. The third kappa shape index (κ3) is 3.44. The maximum absolute atomic E-state index is 12.3. The summed E-state index contributed by atoms with van der Waals surface area (Å²) in [6.45, 7) is 1.35. The maximum Gasteiger partial charge on any atom is 0.268 e. The number of sulfonamides is 1. The molecule has 1 amide bonds. The quantitative estimate of drug-likeness (QED) is 0.479. The molecule has 0 fully saturated rings. The Bertz CT molecular complexity index is 1070. The Hall–Kier alpha value is -2.97. The summed E-state index contributed by atoms with van der Waals surface area (Å²) < 4.78 is 24.6. The van der Waals surface area contributed by atoms with E-state index < -0.39 is 15.9 Å². The van der Waals surface area contributed by atoms with Crippen molar-refractivity contribution < 1.29 is 18.0 Å². The molecular formula is C17H15N3O4S. The number of amides is 1. The molecule has 128 valence electrons. The topological polar surface area (TPSA) is 108 Å². The summed E-state index contributed by atoms with van der Waals surface area (Å²) in [5.74, 6) is -0.844. The molecule has 0 radical (unpaired) electrons. The van der Waals surface area contributed by atoms with Crippen molar-refractivity contribution in [2.24, 2.45) is 0 Å². The molecule has 3 aromatic rings. The summed E-state index contributed by atoms with van der Waals surface area (Å²) in [6.07, 6.45) is 1.50. The monoisotopic (exact) mass is 357 g/mol. The summed E-state index contributed by atoms with van der Waals surface area (Å²) in [5, 5.41) is 0.678. The van der Waals surface area contributed by atoms with E-state index in [0.29, 0.717) is 10.9 Å². The summed E-state index contributed by atoms with van der Waals surface area (Å²) in [7, 11) is -4.00. The molecule has 0 atom stereocenters. The molecule has 8 heteroatoms. The van der Waals surface area contributed by atoms with Gasteiger partial charge in [-0.25, -0.2) is 8.42 Å². The number of hydrogen-bond acceptors (Lipinski definition) is 4. The zero-order valence-electron chi connectivity index (χ0n) is 13.2. The Morgan fingerprint density at radius 1 is 1.04 bits per heavy atom. The highest BCUT2D eigenvalue weighted by molar-refractivity contribution is 7.89. The van der Waals surface area contributed by atoms with E-state index in [1.54, 1.807) is 12.1 Å². The van der Waals surface area contributed by atoms with Gasteiger partial charge in [0.2, 0.25) is 0 Å². The molecule has 0 saturated heterocycles. The zero-order chi connectivity index (χ0) is 18.0. The van der Waals surface area contributed by atoms with Crippen LogP contribution in [0.1, 0.15) is 27.6 Å². The van der Waals surface area contributed by atoms with Gasteiger partial charge in [0.1, 0.15) is 0 Å². The molecule has 0 bridgehead atoms. The fraction of sp³-hybridized carbons (Fsp3) is 0.0588. The molecule has 0 aliphatic carbocycles. The van der Waals surface area contributed by atoms with Gasteiger partial charge >= 0.3 is 0 Å². The van der Waals surface area contributed by atoms with Gasteiger partial charge in [-0.15, -0.1) is 4.83 Å². The lowest BCUT2D eigenvalue weighted by Gasteiger charge is -2.09. The molecule has 0 saturated carbocycles. The van der Waals surface area contributed by atoms with Crippen LogP contribution in [-0.4, -0.2) is 25.1 Å². The average molecular weight is 357 g/mol. The van der Waals surface area contributed by atoms with Gasteiger partial charge in [0, 0.05) is 22.7 Å². The Morgan fingerprint density at radius 2 is 1.80 bits per heavy atom. The highest BCUT2D eigenvalue weighted by Gasteiger charge is 2.18. The standard InChI is InChI=1S/C17H15N3O4S/c1-11(21)12-5-4-6-13(9-12)25(23,24)20-19-17(22)15-10-18-16-8-3-2-7-14(15)16/h2-10,18,20H,1H3,(H,19,22). The molecule has 3 N–H and O–H groups in total. The summed E-state index contributed by atoms with van der Waals surface area (Å²) in [4.78, 5) is 28.5. The fourth-order valence-corrected chi connectivity index (χ4v) is 3.27. The van der Waals surface area contributed by atoms with E-state index in [4.69, 9.17) is 0 Å². The minimum absolute atomic E-state index is 0.112. The third-order valence-corrected chi connectivity index (χ3v) is 4.93. The number of nitrogens with one attached hydrogen (secondary N) is 3. The Balaban J connectivity index is 1.79. The number of carbonyl (C=O) groups excluding carboxylic acids is 2. The fourth-order valence-electron chi connectivity index (χ4n) is 2.38. The molecular weight excluding hydrogens is 342 g/mol. The number of aromatic amines is 1. The van der Waals surface area contributed by atoms with Gasteiger partial charge in [-0.05, 0) is 25.1 Å². The lowest BCUT2D eigenvalue weighted by Crippen LogP contribution is -2.41. The van der Waals surface area contributed by atoms with Gasteiger partial charge < -0.3 is 4.98 Å². The van der Waals surface area contributed by atoms with Crippen molar-refractivity contribution in [2.75, 3.05) is 0 Å². The minimum atomic E-state index is -4.00. The van der Waals surface area contributed by atoms with E-state index in [0.717, 1.165) is 5.52 Å². The summed E-state index contributed by atoms with van der Waals surface area (Å²) in [5.41, 5.74) is 3.54. The van der Waals surface area contributed by atoms with Crippen LogP contribution in [0.25, 0.3) is 10.9 Å². The SMILES string of the molecule is CC(=O)c1cccc(S(=O)(=O)NNC(=O)c2c[nH]c3ccccc23)c1. The lowest BCUT2D eigenvalue weighted by atomic mass is 10.2. The van der Waals surface area contributed by atoms with E-state index in [-0.39, 0.29) is 16.2 Å². The van der Waals surface area contributed by atoms with E-state index >= 15 is 0 Å². The third-order valence-electron chi connectivity index (χ3n) is 3.68. The highest BCUT2D eigenvalue weighted by atomic mass is 32.2. The smallest absolute Gasteiger partial charge is 0.268 e. The second-order valence-electron chi connectivity index (χ2n) is 5.39. The number of hydrogen-bond donors (Lipinski definition) is 3. The molecule has 0 unspecified atom stereocenters. The van der Waals surface area contributed by atoms with E-state index in [1.807, 2.05) is 17.0 Å². The predicted octanol–water partition coefficient (Wildman–Crippen LogP) is 1.99. The van der Waals surface area contributed by atoms with Gasteiger partial charge in [-0.2, -0.15) is 0 Å². The van der Waals surface area contributed by atoms with Gasteiger partial charge in [-0.1, -0.05) is 30.3 Å². The van der Waals surface area contributed by atoms with Crippen molar-refractivity contribution >= 4 is 32.6 Å². The molecule has 3 rings (SSSR count). The average Bonchev–Trinajstić information content (AvgIpc) is 3.04. The molecule has 25 heavy (non-hydrogen) atoms.